The van der Waals surface area contributed by atoms with Gasteiger partial charge in [-0.25, -0.2) is 0 Å². The molecule has 2 heteroatoms. The Hall–Kier alpha value is -1.83. The fourth-order valence-corrected chi connectivity index (χ4v) is 2.07. The molecule has 0 saturated carbocycles. The molecule has 0 aliphatic rings. The van der Waals surface area contributed by atoms with Crippen molar-refractivity contribution >= 4 is 0 Å². The molecule has 1 heterocycles. The van der Waals surface area contributed by atoms with Crippen molar-refractivity contribution in [2.75, 3.05) is 7.11 Å². The smallest absolute Gasteiger partial charge is 0.137 e. The zero-order valence-electron chi connectivity index (χ0n) is 12.1. The number of hydrogen-bond donors (Lipinski definition) is 0. The van der Waals surface area contributed by atoms with E-state index in [-0.39, 0.29) is 0 Å². The largest absolute Gasteiger partial charge is 0.495 e. The summed E-state index contributed by atoms with van der Waals surface area (Å²) in [6.45, 7) is 6.78. The summed E-state index contributed by atoms with van der Waals surface area (Å²) < 4.78 is 5.23. The van der Waals surface area contributed by atoms with Gasteiger partial charge in [-0.05, 0) is 29.0 Å². The lowest BCUT2D eigenvalue weighted by Gasteiger charge is -2.17. The first-order valence-electron chi connectivity index (χ1n) is 6.71. The Kier molecular flexibility index (Phi) is 4.20. The quantitative estimate of drug-likeness (QED) is 0.801. The van der Waals surface area contributed by atoms with Gasteiger partial charge in [-0.1, -0.05) is 45.0 Å². The molecule has 1 atom stereocenters. The average molecular weight is 255 g/mol. The summed E-state index contributed by atoms with van der Waals surface area (Å²) in [4.78, 5) is 4.22. The number of aromatic nitrogens is 1. The lowest BCUT2D eigenvalue weighted by atomic mass is 9.89. The number of methoxy groups -OCH3 is 1. The van der Waals surface area contributed by atoms with Crippen LogP contribution in [0.15, 0.2) is 42.7 Å². The topological polar surface area (TPSA) is 22.1 Å². The van der Waals surface area contributed by atoms with Crippen LogP contribution in [-0.4, -0.2) is 12.1 Å². The fraction of sp³-hybridized carbons (Fsp3) is 0.353. The van der Waals surface area contributed by atoms with Crippen molar-refractivity contribution in [2.24, 2.45) is 5.92 Å². The molecule has 0 amide bonds. The van der Waals surface area contributed by atoms with Crippen LogP contribution in [0.25, 0.3) is 11.1 Å². The first kappa shape index (κ1) is 13.6. The molecule has 0 radical (unpaired) electrons. The fourth-order valence-electron chi connectivity index (χ4n) is 2.07. The number of nitrogens with zero attached hydrogens (tertiary/aromatic N) is 1. The van der Waals surface area contributed by atoms with Crippen molar-refractivity contribution in [3.63, 3.8) is 0 Å². The van der Waals surface area contributed by atoms with Crippen LogP contribution in [0, 0.1) is 5.92 Å². The summed E-state index contributed by atoms with van der Waals surface area (Å²) in [5.74, 6) is 1.98. The highest BCUT2D eigenvalue weighted by atomic mass is 16.5. The first-order valence-corrected chi connectivity index (χ1v) is 6.71. The second-order valence-electron chi connectivity index (χ2n) is 5.27. The highest BCUT2D eigenvalue weighted by molar-refractivity contribution is 5.64. The molecule has 0 saturated heterocycles. The Labute approximate surface area is 115 Å². The van der Waals surface area contributed by atoms with Gasteiger partial charge in [-0.3, -0.25) is 4.98 Å². The molecule has 1 unspecified atom stereocenters. The van der Waals surface area contributed by atoms with E-state index < -0.39 is 0 Å². The van der Waals surface area contributed by atoms with Crippen LogP contribution in [0.4, 0.5) is 0 Å². The molecule has 0 spiro atoms. The van der Waals surface area contributed by atoms with E-state index in [1.807, 2.05) is 12.3 Å². The second kappa shape index (κ2) is 5.87. The highest BCUT2D eigenvalue weighted by Gasteiger charge is 2.10. The maximum Gasteiger partial charge on any atom is 0.137 e. The number of rotatable bonds is 4. The van der Waals surface area contributed by atoms with Crippen molar-refractivity contribution in [1.29, 1.82) is 0 Å². The minimum absolute atomic E-state index is 0.554. The molecule has 2 nitrogen and oxygen atoms in total. The maximum absolute atomic E-state index is 5.23. The van der Waals surface area contributed by atoms with Crippen LogP contribution in [0.2, 0.25) is 0 Å². The number of pyridine rings is 1. The zero-order chi connectivity index (χ0) is 13.8. The average Bonchev–Trinajstić information content (AvgIpc) is 2.46. The van der Waals surface area contributed by atoms with Gasteiger partial charge in [-0.2, -0.15) is 0 Å². The van der Waals surface area contributed by atoms with Gasteiger partial charge < -0.3 is 4.74 Å². The first-order chi connectivity index (χ1) is 9.11. The van der Waals surface area contributed by atoms with E-state index in [9.17, 15) is 0 Å². The molecular formula is C17H21NO. The third kappa shape index (κ3) is 3.14. The van der Waals surface area contributed by atoms with Gasteiger partial charge >= 0.3 is 0 Å². The third-order valence-electron chi connectivity index (χ3n) is 3.69. The predicted molar refractivity (Wildman–Crippen MR) is 79.5 cm³/mol. The molecule has 0 N–H and O–H groups in total. The molecular weight excluding hydrogens is 234 g/mol. The summed E-state index contributed by atoms with van der Waals surface area (Å²) in [5.41, 5.74) is 3.66. The van der Waals surface area contributed by atoms with Gasteiger partial charge in [0.1, 0.15) is 5.75 Å². The lowest BCUT2D eigenvalue weighted by molar-refractivity contribution is 0.413. The van der Waals surface area contributed by atoms with E-state index in [1.165, 1.54) is 11.1 Å². The Morgan fingerprint density at radius 2 is 1.79 bits per heavy atom. The Balaban J connectivity index is 2.37. The van der Waals surface area contributed by atoms with Crippen LogP contribution in [0.1, 0.15) is 32.3 Å². The molecule has 0 bridgehead atoms. The number of ether oxygens (including phenoxy) is 1. The number of benzene rings is 1. The predicted octanol–water partition coefficient (Wildman–Crippen LogP) is 4.52. The summed E-state index contributed by atoms with van der Waals surface area (Å²) in [6.07, 6.45) is 3.60. The molecule has 0 fully saturated rings. The van der Waals surface area contributed by atoms with Crippen LogP contribution >= 0.6 is 0 Å². The van der Waals surface area contributed by atoms with Crippen LogP contribution in [-0.2, 0) is 0 Å². The van der Waals surface area contributed by atoms with Crippen molar-refractivity contribution in [1.82, 2.24) is 4.98 Å². The van der Waals surface area contributed by atoms with Crippen LogP contribution in [0.5, 0.6) is 5.75 Å². The Bertz CT molecular complexity index is 548. The lowest BCUT2D eigenvalue weighted by Crippen LogP contribution is -2.01. The molecule has 2 rings (SSSR count). The molecule has 2 aromatic rings. The van der Waals surface area contributed by atoms with E-state index in [1.54, 1.807) is 13.3 Å². The van der Waals surface area contributed by atoms with Gasteiger partial charge in [0.05, 0.1) is 13.3 Å². The van der Waals surface area contributed by atoms with Gasteiger partial charge in [0, 0.05) is 11.8 Å². The monoisotopic (exact) mass is 255 g/mol. The summed E-state index contributed by atoms with van der Waals surface area (Å²) >= 11 is 0. The molecule has 0 aliphatic carbocycles. The SMILES string of the molecule is COc1cncc(-c2cccc(C(C)C(C)C)c2)c1. The van der Waals surface area contributed by atoms with E-state index >= 15 is 0 Å². The Morgan fingerprint density at radius 3 is 2.47 bits per heavy atom. The van der Waals surface area contributed by atoms with Crippen LogP contribution in [0.3, 0.4) is 0 Å². The molecule has 1 aromatic carbocycles. The van der Waals surface area contributed by atoms with Crippen molar-refractivity contribution < 1.29 is 4.74 Å². The number of hydrogen-bond acceptors (Lipinski definition) is 2. The summed E-state index contributed by atoms with van der Waals surface area (Å²) in [7, 11) is 1.66. The minimum Gasteiger partial charge on any atom is -0.495 e. The third-order valence-corrected chi connectivity index (χ3v) is 3.69. The van der Waals surface area contributed by atoms with E-state index in [4.69, 9.17) is 4.74 Å². The summed E-state index contributed by atoms with van der Waals surface area (Å²) in [6, 6.07) is 10.7. The standard InChI is InChI=1S/C17H21NO/c1-12(2)13(3)14-6-5-7-15(8-14)16-9-17(19-4)11-18-10-16/h5-13H,1-4H3. The summed E-state index contributed by atoms with van der Waals surface area (Å²) in [5, 5.41) is 0. The van der Waals surface area contributed by atoms with Crippen molar-refractivity contribution in [3.05, 3.63) is 48.3 Å². The van der Waals surface area contributed by atoms with E-state index in [0.717, 1.165) is 11.3 Å². The maximum atomic E-state index is 5.23. The van der Waals surface area contributed by atoms with Gasteiger partial charge in [0.15, 0.2) is 0 Å². The molecule has 19 heavy (non-hydrogen) atoms. The minimum atomic E-state index is 0.554. The molecule has 1 aromatic heterocycles. The van der Waals surface area contributed by atoms with Gasteiger partial charge in [0.2, 0.25) is 0 Å². The van der Waals surface area contributed by atoms with E-state index in [2.05, 4.69) is 50.0 Å². The van der Waals surface area contributed by atoms with E-state index in [0.29, 0.717) is 11.8 Å². The normalized spacial score (nSPS) is 12.5. The van der Waals surface area contributed by atoms with Gasteiger partial charge in [0.25, 0.3) is 0 Å². The van der Waals surface area contributed by atoms with Gasteiger partial charge in [-0.15, -0.1) is 0 Å². The highest BCUT2D eigenvalue weighted by Crippen LogP contribution is 2.28. The van der Waals surface area contributed by atoms with Crippen molar-refractivity contribution in [3.8, 4) is 16.9 Å². The Morgan fingerprint density at radius 1 is 1.00 bits per heavy atom. The molecule has 100 valence electrons. The van der Waals surface area contributed by atoms with Crippen molar-refractivity contribution in [2.45, 2.75) is 26.7 Å². The van der Waals surface area contributed by atoms with Crippen LogP contribution < -0.4 is 4.74 Å². The zero-order valence-corrected chi connectivity index (χ0v) is 12.1. The molecule has 0 aliphatic heterocycles. The second-order valence-corrected chi connectivity index (χ2v) is 5.27.